The maximum atomic E-state index is 3.68. The van der Waals surface area contributed by atoms with Crippen LogP contribution in [0.15, 0.2) is 0 Å². The fourth-order valence-electron chi connectivity index (χ4n) is 2.48. The van der Waals surface area contributed by atoms with Crippen molar-refractivity contribution in [1.29, 1.82) is 0 Å². The smallest absolute Gasteiger partial charge is 0.00868 e. The van der Waals surface area contributed by atoms with Gasteiger partial charge in [0.15, 0.2) is 0 Å². The molecule has 1 fully saturated rings. The minimum atomic E-state index is 0.700. The third-order valence-electron chi connectivity index (χ3n) is 4.14. The van der Waals surface area contributed by atoms with Crippen LogP contribution < -0.4 is 5.32 Å². The van der Waals surface area contributed by atoms with Crippen molar-refractivity contribution >= 4 is 0 Å². The summed E-state index contributed by atoms with van der Waals surface area (Å²) in [5.74, 6) is 0.757. The van der Waals surface area contributed by atoms with Gasteiger partial charge in [0.25, 0.3) is 0 Å². The average Bonchev–Trinajstić information content (AvgIpc) is 2.75. The fourth-order valence-corrected chi connectivity index (χ4v) is 2.48. The lowest BCUT2D eigenvalue weighted by molar-refractivity contribution is 0.205. The van der Waals surface area contributed by atoms with Crippen molar-refractivity contribution in [3.05, 3.63) is 0 Å². The average molecular weight is 226 g/mol. The molecule has 0 heterocycles. The number of nitrogens with one attached hydrogen (secondary N) is 1. The summed E-state index contributed by atoms with van der Waals surface area (Å²) >= 11 is 0. The predicted molar refractivity (Wildman–Crippen MR) is 71.8 cm³/mol. The second-order valence-electron chi connectivity index (χ2n) is 5.75. The number of nitrogens with zero attached hydrogens (tertiary/aromatic N) is 1. The van der Waals surface area contributed by atoms with E-state index in [1.807, 2.05) is 0 Å². The lowest BCUT2D eigenvalue weighted by atomic mass is 10.1. The summed E-state index contributed by atoms with van der Waals surface area (Å²) in [4.78, 5) is 2.49. The van der Waals surface area contributed by atoms with Crippen LogP contribution in [0.1, 0.15) is 52.9 Å². The minimum Gasteiger partial charge on any atom is -0.314 e. The van der Waals surface area contributed by atoms with Crippen LogP contribution in [-0.2, 0) is 0 Å². The normalized spacial score (nSPS) is 19.9. The first kappa shape index (κ1) is 14.0. The minimum absolute atomic E-state index is 0.700. The van der Waals surface area contributed by atoms with Gasteiger partial charge in [0.2, 0.25) is 0 Å². The van der Waals surface area contributed by atoms with Gasteiger partial charge in [-0.3, -0.25) is 0 Å². The Morgan fingerprint density at radius 1 is 1.19 bits per heavy atom. The molecule has 0 aromatic heterocycles. The Morgan fingerprint density at radius 3 is 2.38 bits per heavy atom. The van der Waals surface area contributed by atoms with Crippen molar-refractivity contribution in [2.75, 3.05) is 20.1 Å². The van der Waals surface area contributed by atoms with Crippen LogP contribution in [0.2, 0.25) is 0 Å². The van der Waals surface area contributed by atoms with E-state index >= 15 is 0 Å². The zero-order valence-electron chi connectivity index (χ0n) is 11.6. The van der Waals surface area contributed by atoms with Crippen LogP contribution in [0.4, 0.5) is 0 Å². The summed E-state index contributed by atoms with van der Waals surface area (Å²) in [6.45, 7) is 9.35. The van der Waals surface area contributed by atoms with E-state index in [0.29, 0.717) is 6.04 Å². The first-order chi connectivity index (χ1) is 7.61. The number of hydrogen-bond acceptors (Lipinski definition) is 2. The second kappa shape index (κ2) is 7.29. The van der Waals surface area contributed by atoms with Gasteiger partial charge in [-0.2, -0.15) is 0 Å². The largest absolute Gasteiger partial charge is 0.314 e. The van der Waals surface area contributed by atoms with Gasteiger partial charge in [-0.05, 0) is 52.2 Å². The van der Waals surface area contributed by atoms with Crippen LogP contribution in [0, 0.1) is 5.92 Å². The van der Waals surface area contributed by atoms with E-state index in [1.165, 1.54) is 45.2 Å². The molecular formula is C14H30N2. The summed E-state index contributed by atoms with van der Waals surface area (Å²) in [7, 11) is 2.25. The monoisotopic (exact) mass is 226 g/mol. The molecule has 0 aliphatic heterocycles. The highest BCUT2D eigenvalue weighted by molar-refractivity contribution is 4.74. The molecule has 0 radical (unpaired) electrons. The zero-order valence-corrected chi connectivity index (χ0v) is 11.6. The van der Waals surface area contributed by atoms with Crippen molar-refractivity contribution in [2.24, 2.45) is 5.92 Å². The molecule has 0 amide bonds. The summed E-state index contributed by atoms with van der Waals surface area (Å²) in [6, 6.07) is 1.53. The third kappa shape index (κ3) is 4.84. The van der Waals surface area contributed by atoms with E-state index < -0.39 is 0 Å². The van der Waals surface area contributed by atoms with E-state index in [2.05, 4.69) is 38.0 Å². The van der Waals surface area contributed by atoms with E-state index in [4.69, 9.17) is 0 Å². The fraction of sp³-hybridized carbons (Fsp3) is 1.00. The molecule has 1 unspecified atom stereocenters. The van der Waals surface area contributed by atoms with E-state index in [0.717, 1.165) is 12.0 Å². The van der Waals surface area contributed by atoms with Crippen molar-refractivity contribution in [3.63, 3.8) is 0 Å². The number of rotatable bonds is 7. The molecule has 0 saturated heterocycles. The standard InChI is InChI=1S/C14H30N2/c1-12(2)13(3)16(4)11-7-10-15-14-8-5-6-9-14/h12-15H,5-11H2,1-4H3. The van der Waals surface area contributed by atoms with Crippen LogP contribution in [0.3, 0.4) is 0 Å². The van der Waals surface area contributed by atoms with Gasteiger partial charge in [-0.15, -0.1) is 0 Å². The molecule has 0 spiro atoms. The molecule has 96 valence electrons. The molecule has 2 heteroatoms. The summed E-state index contributed by atoms with van der Waals surface area (Å²) in [6.07, 6.45) is 6.95. The van der Waals surface area contributed by atoms with Crippen LogP contribution in [-0.4, -0.2) is 37.1 Å². The SMILES string of the molecule is CC(C)C(C)N(C)CCCNC1CCCC1. The molecule has 1 rings (SSSR count). The molecule has 16 heavy (non-hydrogen) atoms. The molecule has 0 bridgehead atoms. The Labute approximate surface area is 102 Å². The van der Waals surface area contributed by atoms with E-state index in [1.54, 1.807) is 0 Å². The van der Waals surface area contributed by atoms with E-state index in [-0.39, 0.29) is 0 Å². The van der Waals surface area contributed by atoms with Crippen molar-refractivity contribution in [1.82, 2.24) is 10.2 Å². The molecular weight excluding hydrogens is 196 g/mol. The molecule has 1 N–H and O–H groups in total. The molecule has 2 nitrogen and oxygen atoms in total. The van der Waals surface area contributed by atoms with Gasteiger partial charge in [-0.1, -0.05) is 26.7 Å². The maximum absolute atomic E-state index is 3.68. The molecule has 1 saturated carbocycles. The Balaban J connectivity index is 2.01. The maximum Gasteiger partial charge on any atom is 0.00868 e. The predicted octanol–water partition coefficient (Wildman–Crippen LogP) is 2.89. The van der Waals surface area contributed by atoms with Gasteiger partial charge in [0.1, 0.15) is 0 Å². The summed E-state index contributed by atoms with van der Waals surface area (Å²) < 4.78 is 0. The topological polar surface area (TPSA) is 15.3 Å². The highest BCUT2D eigenvalue weighted by Crippen LogP contribution is 2.17. The van der Waals surface area contributed by atoms with Gasteiger partial charge >= 0.3 is 0 Å². The van der Waals surface area contributed by atoms with Gasteiger partial charge in [0, 0.05) is 12.1 Å². The second-order valence-corrected chi connectivity index (χ2v) is 5.75. The van der Waals surface area contributed by atoms with Gasteiger partial charge < -0.3 is 10.2 Å². The highest BCUT2D eigenvalue weighted by Gasteiger charge is 2.14. The lowest BCUT2D eigenvalue weighted by Crippen LogP contribution is -2.36. The summed E-state index contributed by atoms with van der Waals surface area (Å²) in [5.41, 5.74) is 0. The Bertz CT molecular complexity index is 174. The zero-order chi connectivity index (χ0) is 12.0. The summed E-state index contributed by atoms with van der Waals surface area (Å²) in [5, 5.41) is 3.68. The molecule has 0 aromatic carbocycles. The van der Waals surface area contributed by atoms with Gasteiger partial charge in [0.05, 0.1) is 0 Å². The third-order valence-corrected chi connectivity index (χ3v) is 4.14. The first-order valence-electron chi connectivity index (χ1n) is 7.05. The van der Waals surface area contributed by atoms with Crippen molar-refractivity contribution in [3.8, 4) is 0 Å². The molecule has 1 aliphatic rings. The Hall–Kier alpha value is -0.0800. The van der Waals surface area contributed by atoms with Crippen LogP contribution in [0.25, 0.3) is 0 Å². The molecule has 0 aromatic rings. The highest BCUT2D eigenvalue weighted by atomic mass is 15.1. The lowest BCUT2D eigenvalue weighted by Gasteiger charge is -2.28. The number of hydrogen-bond donors (Lipinski definition) is 1. The Kier molecular flexibility index (Phi) is 6.37. The first-order valence-corrected chi connectivity index (χ1v) is 7.05. The Morgan fingerprint density at radius 2 is 1.81 bits per heavy atom. The van der Waals surface area contributed by atoms with Crippen LogP contribution >= 0.6 is 0 Å². The van der Waals surface area contributed by atoms with Gasteiger partial charge in [-0.25, -0.2) is 0 Å². The quantitative estimate of drug-likeness (QED) is 0.672. The molecule has 1 aliphatic carbocycles. The van der Waals surface area contributed by atoms with E-state index in [9.17, 15) is 0 Å². The van der Waals surface area contributed by atoms with Crippen LogP contribution in [0.5, 0.6) is 0 Å². The van der Waals surface area contributed by atoms with Crippen molar-refractivity contribution < 1.29 is 0 Å². The molecule has 1 atom stereocenters. The van der Waals surface area contributed by atoms with Crippen molar-refractivity contribution in [2.45, 2.75) is 65.0 Å².